The van der Waals surface area contributed by atoms with Crippen LogP contribution in [0.25, 0.3) is 0 Å². The van der Waals surface area contributed by atoms with E-state index in [0.717, 1.165) is 11.6 Å². The number of nitrogens with zero attached hydrogens (tertiary/aromatic N) is 1. The van der Waals surface area contributed by atoms with Crippen LogP contribution in [-0.2, 0) is 20.8 Å². The summed E-state index contributed by atoms with van der Waals surface area (Å²) in [6.45, 7) is 1.27. The van der Waals surface area contributed by atoms with Crippen LogP contribution in [0.2, 0.25) is 0 Å². The lowest BCUT2D eigenvalue weighted by Crippen LogP contribution is -2.45. The van der Waals surface area contributed by atoms with Crippen LogP contribution in [0.4, 0.5) is 18.0 Å². The molecule has 3 atom stereocenters. The zero-order chi connectivity index (χ0) is 19.3. The number of hydrogen-bond acceptors (Lipinski definition) is 5. The van der Waals surface area contributed by atoms with Crippen molar-refractivity contribution >= 4 is 12.1 Å². The predicted octanol–water partition coefficient (Wildman–Crippen LogP) is 2.62. The molecule has 1 amide bonds. The number of carbonyl (C=O) groups excluding carboxylic acids is 2. The summed E-state index contributed by atoms with van der Waals surface area (Å²) in [5.41, 5.74) is 0.790. The summed E-state index contributed by atoms with van der Waals surface area (Å²) >= 11 is 0. The Morgan fingerprint density at radius 1 is 1.42 bits per heavy atom. The molecule has 1 aromatic carbocycles. The molecule has 6 nitrogen and oxygen atoms in total. The molecule has 142 valence electrons. The summed E-state index contributed by atoms with van der Waals surface area (Å²) in [5.74, 6) is -4.59. The number of carbonyl (C=O) groups is 2. The van der Waals surface area contributed by atoms with Gasteiger partial charge in [-0.2, -0.15) is 13.2 Å². The van der Waals surface area contributed by atoms with Crippen molar-refractivity contribution < 1.29 is 37.4 Å². The average molecular weight is 373 g/mol. The number of benzene rings is 1. The van der Waals surface area contributed by atoms with Crippen LogP contribution in [0, 0.1) is 5.92 Å². The predicted molar refractivity (Wildman–Crippen MR) is 83.6 cm³/mol. The molecule has 26 heavy (non-hydrogen) atoms. The van der Waals surface area contributed by atoms with Crippen molar-refractivity contribution in [2.45, 2.75) is 31.7 Å². The van der Waals surface area contributed by atoms with Crippen LogP contribution in [0.3, 0.4) is 0 Å². The Morgan fingerprint density at radius 3 is 2.65 bits per heavy atom. The van der Waals surface area contributed by atoms with Crippen LogP contribution in [0.1, 0.15) is 12.5 Å². The van der Waals surface area contributed by atoms with E-state index in [1.807, 2.05) is 0 Å². The third kappa shape index (κ3) is 4.75. The summed E-state index contributed by atoms with van der Waals surface area (Å²) in [4.78, 5) is 28.4. The SMILES string of the molecule is C/C=C/[C@H](O)[C@H](C(=O)ON1C(=O)OC[C@@H]1Cc1ccccc1)C(F)(F)F. The topological polar surface area (TPSA) is 76.1 Å². The molecule has 1 N–H and O–H groups in total. The molecule has 1 saturated heterocycles. The maximum atomic E-state index is 13.1. The van der Waals surface area contributed by atoms with Crippen LogP contribution in [0.15, 0.2) is 42.5 Å². The van der Waals surface area contributed by atoms with Crippen molar-refractivity contribution in [3.05, 3.63) is 48.0 Å². The van der Waals surface area contributed by atoms with Gasteiger partial charge in [0.1, 0.15) is 12.6 Å². The summed E-state index contributed by atoms with van der Waals surface area (Å²) < 4.78 is 44.2. The zero-order valence-electron chi connectivity index (χ0n) is 13.8. The summed E-state index contributed by atoms with van der Waals surface area (Å²) in [6.07, 6.45) is -6.00. The standard InChI is InChI=1S/C17H18F3NO5/c1-2-6-13(22)14(17(18,19)20)15(23)26-21-12(10-25-16(21)24)9-11-7-4-3-5-8-11/h2-8,12-14,22H,9-10H2,1H3/b6-2+/t12-,13-,14+/m0/s1. The monoisotopic (exact) mass is 373 g/mol. The van der Waals surface area contributed by atoms with Gasteiger partial charge in [-0.15, -0.1) is 5.06 Å². The fourth-order valence-electron chi connectivity index (χ4n) is 2.52. The Hall–Kier alpha value is -2.55. The maximum absolute atomic E-state index is 13.1. The van der Waals surface area contributed by atoms with Crippen molar-refractivity contribution in [3.63, 3.8) is 0 Å². The lowest BCUT2D eigenvalue weighted by molar-refractivity contribution is -0.230. The molecule has 1 aromatic rings. The van der Waals surface area contributed by atoms with Crippen molar-refractivity contribution in [1.82, 2.24) is 5.06 Å². The second-order valence-electron chi connectivity index (χ2n) is 5.69. The number of hydroxylamine groups is 2. The first kappa shape index (κ1) is 19.8. The number of ether oxygens (including phenoxy) is 1. The van der Waals surface area contributed by atoms with Crippen LogP contribution >= 0.6 is 0 Å². The molecule has 2 rings (SSSR count). The first-order valence-corrected chi connectivity index (χ1v) is 7.83. The van der Waals surface area contributed by atoms with Gasteiger partial charge < -0.3 is 14.7 Å². The number of aliphatic hydroxyl groups excluding tert-OH is 1. The Labute approximate surface area is 147 Å². The highest BCUT2D eigenvalue weighted by molar-refractivity contribution is 5.77. The minimum atomic E-state index is -5.05. The molecule has 1 fully saturated rings. The Bertz CT molecular complexity index is 662. The van der Waals surface area contributed by atoms with E-state index in [9.17, 15) is 27.9 Å². The number of rotatable bonds is 6. The second kappa shape index (κ2) is 8.22. The molecule has 0 unspecified atom stereocenters. The maximum Gasteiger partial charge on any atom is 0.443 e. The third-order valence-corrected chi connectivity index (χ3v) is 3.75. The number of cyclic esters (lactones) is 1. The van der Waals surface area contributed by atoms with Gasteiger partial charge in [0.25, 0.3) is 0 Å². The summed E-state index contributed by atoms with van der Waals surface area (Å²) in [5, 5.41) is 10.1. The minimum absolute atomic E-state index is 0.130. The van der Waals surface area contributed by atoms with Crippen LogP contribution < -0.4 is 0 Å². The van der Waals surface area contributed by atoms with E-state index in [1.54, 1.807) is 30.3 Å². The first-order chi connectivity index (χ1) is 12.2. The fourth-order valence-corrected chi connectivity index (χ4v) is 2.52. The molecule has 1 aliphatic heterocycles. The number of allylic oxidation sites excluding steroid dienone is 1. The van der Waals surface area contributed by atoms with Gasteiger partial charge in [-0.25, -0.2) is 9.59 Å². The van der Waals surface area contributed by atoms with Gasteiger partial charge in [0.15, 0.2) is 5.92 Å². The molecular formula is C17H18F3NO5. The summed E-state index contributed by atoms with van der Waals surface area (Å²) in [6, 6.07) is 8.07. The lowest BCUT2D eigenvalue weighted by atomic mass is 10.0. The van der Waals surface area contributed by atoms with Gasteiger partial charge in [-0.1, -0.05) is 42.5 Å². The van der Waals surface area contributed by atoms with E-state index in [1.165, 1.54) is 13.0 Å². The molecule has 1 aliphatic rings. The van der Waals surface area contributed by atoms with Crippen LogP contribution in [-0.4, -0.2) is 47.2 Å². The average Bonchev–Trinajstić information content (AvgIpc) is 2.88. The normalized spacial score (nSPS) is 20.1. The summed E-state index contributed by atoms with van der Waals surface area (Å²) in [7, 11) is 0. The van der Waals surface area contributed by atoms with Gasteiger partial charge in [0, 0.05) is 0 Å². The van der Waals surface area contributed by atoms with Crippen molar-refractivity contribution in [1.29, 1.82) is 0 Å². The van der Waals surface area contributed by atoms with Gasteiger partial charge >= 0.3 is 18.2 Å². The highest BCUT2D eigenvalue weighted by Gasteiger charge is 2.52. The molecule has 0 aliphatic carbocycles. The van der Waals surface area contributed by atoms with E-state index in [0.29, 0.717) is 5.06 Å². The minimum Gasteiger partial charge on any atom is -0.445 e. The number of amides is 1. The highest BCUT2D eigenvalue weighted by Crippen LogP contribution is 2.31. The number of halogens is 3. The second-order valence-corrected chi connectivity index (χ2v) is 5.69. The molecule has 0 spiro atoms. The van der Waals surface area contributed by atoms with Crippen molar-refractivity contribution in [2.24, 2.45) is 5.92 Å². The van der Waals surface area contributed by atoms with Crippen LogP contribution in [0.5, 0.6) is 0 Å². The fraction of sp³-hybridized carbons (Fsp3) is 0.412. The molecular weight excluding hydrogens is 355 g/mol. The van der Waals surface area contributed by atoms with Crippen molar-refractivity contribution in [2.75, 3.05) is 6.61 Å². The van der Waals surface area contributed by atoms with E-state index in [4.69, 9.17) is 4.74 Å². The zero-order valence-corrected chi connectivity index (χ0v) is 13.8. The first-order valence-electron chi connectivity index (χ1n) is 7.83. The Kier molecular flexibility index (Phi) is 6.25. The number of hydrogen-bond donors (Lipinski definition) is 1. The molecule has 0 radical (unpaired) electrons. The quantitative estimate of drug-likeness (QED) is 0.776. The van der Waals surface area contributed by atoms with E-state index < -0.39 is 36.3 Å². The third-order valence-electron chi connectivity index (χ3n) is 3.75. The number of aliphatic hydroxyl groups is 1. The Morgan fingerprint density at radius 2 is 2.08 bits per heavy atom. The smallest absolute Gasteiger partial charge is 0.443 e. The highest BCUT2D eigenvalue weighted by atomic mass is 19.4. The van der Waals surface area contributed by atoms with Crippen molar-refractivity contribution in [3.8, 4) is 0 Å². The van der Waals surface area contributed by atoms with E-state index in [-0.39, 0.29) is 13.0 Å². The largest absolute Gasteiger partial charge is 0.445 e. The van der Waals surface area contributed by atoms with E-state index in [2.05, 4.69) is 4.84 Å². The van der Waals surface area contributed by atoms with Gasteiger partial charge in [0.2, 0.25) is 0 Å². The molecule has 0 aromatic heterocycles. The molecule has 1 heterocycles. The Balaban J connectivity index is 2.14. The molecule has 0 saturated carbocycles. The molecule has 0 bridgehead atoms. The van der Waals surface area contributed by atoms with E-state index >= 15 is 0 Å². The lowest BCUT2D eigenvalue weighted by Gasteiger charge is -2.25. The van der Waals surface area contributed by atoms with Gasteiger partial charge in [-0.05, 0) is 18.9 Å². The number of alkyl halides is 3. The molecule has 9 heteroatoms. The van der Waals surface area contributed by atoms with Gasteiger partial charge in [-0.3, -0.25) is 0 Å². The van der Waals surface area contributed by atoms with Gasteiger partial charge in [0.05, 0.1) is 6.10 Å².